The monoisotopic (exact) mass is 324 g/mol. The molecule has 6 heteroatoms. The van der Waals surface area contributed by atoms with Crippen LogP contribution >= 0.6 is 11.3 Å². The molecule has 2 heterocycles. The third-order valence-corrected chi connectivity index (χ3v) is 4.55. The summed E-state index contributed by atoms with van der Waals surface area (Å²) in [5.41, 5.74) is 7.57. The number of hydrogen-bond donors (Lipinski definition) is 1. The Balaban J connectivity index is 2.05. The van der Waals surface area contributed by atoms with Gasteiger partial charge in [-0.1, -0.05) is 23.5 Å². The summed E-state index contributed by atoms with van der Waals surface area (Å²) in [5.74, 6) is 1.12. The lowest BCUT2D eigenvalue weighted by Gasteiger charge is -2.08. The van der Waals surface area contributed by atoms with Crippen molar-refractivity contribution in [1.29, 1.82) is 0 Å². The highest BCUT2D eigenvalue weighted by Crippen LogP contribution is 2.34. The molecular formula is C17H12N2O3S. The molecule has 0 aliphatic heterocycles. The summed E-state index contributed by atoms with van der Waals surface area (Å²) in [5, 5.41) is 0.941. The molecular weight excluding hydrogens is 312 g/mol. The molecule has 2 N–H and O–H groups in total. The molecule has 23 heavy (non-hydrogen) atoms. The summed E-state index contributed by atoms with van der Waals surface area (Å²) in [6.45, 7) is 0. The Morgan fingerprint density at radius 1 is 1.22 bits per heavy atom. The molecule has 0 fully saturated rings. The third kappa shape index (κ3) is 2.15. The molecule has 4 rings (SSSR count). The van der Waals surface area contributed by atoms with Crippen LogP contribution in [0.3, 0.4) is 0 Å². The van der Waals surface area contributed by atoms with Gasteiger partial charge in [0.1, 0.15) is 17.1 Å². The summed E-state index contributed by atoms with van der Waals surface area (Å²) in [6.07, 6.45) is 0. The second-order valence-corrected chi connectivity index (χ2v) is 6.04. The van der Waals surface area contributed by atoms with Crippen LogP contribution in [0, 0.1) is 0 Å². The van der Waals surface area contributed by atoms with Gasteiger partial charge in [-0.25, -0.2) is 4.98 Å². The Hall–Kier alpha value is -2.86. The van der Waals surface area contributed by atoms with Gasteiger partial charge in [0, 0.05) is 6.07 Å². The number of benzene rings is 2. The van der Waals surface area contributed by atoms with Crippen molar-refractivity contribution in [1.82, 2.24) is 4.98 Å². The summed E-state index contributed by atoms with van der Waals surface area (Å²) in [6, 6.07) is 12.4. The van der Waals surface area contributed by atoms with Crippen LogP contribution in [0.4, 0.5) is 5.13 Å². The number of thiazole rings is 1. The van der Waals surface area contributed by atoms with Crippen LogP contribution < -0.4 is 15.9 Å². The summed E-state index contributed by atoms with van der Waals surface area (Å²) in [4.78, 5) is 16.8. The highest BCUT2D eigenvalue weighted by atomic mass is 32.1. The molecule has 0 atom stereocenters. The summed E-state index contributed by atoms with van der Waals surface area (Å²) in [7, 11) is 1.58. The zero-order chi connectivity index (χ0) is 16.0. The van der Waals surface area contributed by atoms with E-state index in [-0.39, 0.29) is 5.43 Å². The standard InChI is InChI=1S/C17H12N2O3S/c1-21-12-5-3-2-4-9(12)14-8-11(20)15-13(22-14)7-6-10-16(15)23-17(18)19-10/h2-8H,1H3,(H2,18,19). The van der Waals surface area contributed by atoms with Gasteiger partial charge in [-0.3, -0.25) is 4.79 Å². The van der Waals surface area contributed by atoms with E-state index >= 15 is 0 Å². The number of para-hydroxylation sites is 1. The first-order valence-corrected chi connectivity index (χ1v) is 7.75. The molecule has 114 valence electrons. The highest BCUT2D eigenvalue weighted by Gasteiger charge is 2.14. The fourth-order valence-corrected chi connectivity index (χ4v) is 3.50. The van der Waals surface area contributed by atoms with E-state index in [2.05, 4.69) is 4.98 Å². The molecule has 0 aliphatic carbocycles. The number of anilines is 1. The SMILES string of the molecule is COc1ccccc1-c1cc(=O)c2c(ccc3nc(N)sc32)o1. The Morgan fingerprint density at radius 2 is 2.04 bits per heavy atom. The van der Waals surface area contributed by atoms with E-state index in [1.165, 1.54) is 17.4 Å². The van der Waals surface area contributed by atoms with Gasteiger partial charge >= 0.3 is 0 Å². The van der Waals surface area contributed by atoms with Crippen molar-refractivity contribution in [2.75, 3.05) is 12.8 Å². The Morgan fingerprint density at radius 3 is 2.87 bits per heavy atom. The Labute approximate surface area is 134 Å². The lowest BCUT2D eigenvalue weighted by atomic mass is 10.1. The first-order valence-electron chi connectivity index (χ1n) is 6.93. The topological polar surface area (TPSA) is 78.3 Å². The van der Waals surface area contributed by atoms with Crippen LogP contribution in [-0.2, 0) is 0 Å². The minimum Gasteiger partial charge on any atom is -0.496 e. The number of methoxy groups -OCH3 is 1. The second-order valence-electron chi connectivity index (χ2n) is 5.01. The van der Waals surface area contributed by atoms with E-state index in [9.17, 15) is 4.79 Å². The van der Waals surface area contributed by atoms with Crippen molar-refractivity contribution >= 4 is 37.7 Å². The van der Waals surface area contributed by atoms with Crippen LogP contribution in [0.2, 0.25) is 0 Å². The summed E-state index contributed by atoms with van der Waals surface area (Å²) >= 11 is 1.29. The van der Waals surface area contributed by atoms with Crippen molar-refractivity contribution in [3.05, 3.63) is 52.7 Å². The Kier molecular flexibility index (Phi) is 3.06. The molecule has 2 aromatic carbocycles. The van der Waals surface area contributed by atoms with Crippen LogP contribution in [0.5, 0.6) is 5.75 Å². The Bertz CT molecular complexity index is 1100. The number of fused-ring (bicyclic) bond motifs is 3. The molecule has 0 aliphatic rings. The van der Waals surface area contributed by atoms with E-state index in [1.807, 2.05) is 24.3 Å². The minimum atomic E-state index is -0.124. The summed E-state index contributed by atoms with van der Waals surface area (Å²) < 4.78 is 12.0. The zero-order valence-corrected chi connectivity index (χ0v) is 13.0. The van der Waals surface area contributed by atoms with Crippen molar-refractivity contribution in [3.63, 3.8) is 0 Å². The lowest BCUT2D eigenvalue weighted by molar-refractivity contribution is 0.415. The van der Waals surface area contributed by atoms with Gasteiger partial charge in [-0.2, -0.15) is 0 Å². The predicted octanol–water partition coefficient (Wildman–Crippen LogP) is 3.66. The van der Waals surface area contributed by atoms with Crippen LogP contribution in [0.1, 0.15) is 0 Å². The molecule has 0 bridgehead atoms. The van der Waals surface area contributed by atoms with Gasteiger partial charge in [0.25, 0.3) is 0 Å². The molecule has 0 saturated heterocycles. The number of ether oxygens (including phenoxy) is 1. The molecule has 0 radical (unpaired) electrons. The lowest BCUT2D eigenvalue weighted by Crippen LogP contribution is -2.01. The smallest absolute Gasteiger partial charge is 0.194 e. The van der Waals surface area contributed by atoms with E-state index in [0.717, 1.165) is 10.3 Å². The van der Waals surface area contributed by atoms with Crippen LogP contribution in [0.25, 0.3) is 32.5 Å². The molecule has 5 nitrogen and oxygen atoms in total. The maximum absolute atomic E-state index is 12.6. The average molecular weight is 324 g/mol. The van der Waals surface area contributed by atoms with Crippen molar-refractivity contribution < 1.29 is 9.15 Å². The minimum absolute atomic E-state index is 0.124. The first kappa shape index (κ1) is 13.8. The molecule has 0 saturated carbocycles. The van der Waals surface area contributed by atoms with Crippen LogP contribution in [-0.4, -0.2) is 12.1 Å². The molecule has 0 amide bonds. The van der Waals surface area contributed by atoms with Gasteiger partial charge in [-0.15, -0.1) is 0 Å². The van der Waals surface area contributed by atoms with E-state index < -0.39 is 0 Å². The number of nitrogens with two attached hydrogens (primary N) is 1. The molecule has 0 spiro atoms. The average Bonchev–Trinajstić information content (AvgIpc) is 2.94. The van der Waals surface area contributed by atoms with E-state index in [0.29, 0.717) is 33.1 Å². The van der Waals surface area contributed by atoms with E-state index in [1.54, 1.807) is 19.2 Å². The fraction of sp³-hybridized carbons (Fsp3) is 0.0588. The van der Waals surface area contributed by atoms with Crippen molar-refractivity contribution in [2.45, 2.75) is 0 Å². The van der Waals surface area contributed by atoms with Gasteiger partial charge in [0.2, 0.25) is 0 Å². The maximum atomic E-state index is 12.6. The van der Waals surface area contributed by atoms with Gasteiger partial charge < -0.3 is 14.9 Å². The maximum Gasteiger partial charge on any atom is 0.194 e. The number of aromatic nitrogens is 1. The van der Waals surface area contributed by atoms with Crippen molar-refractivity contribution in [3.8, 4) is 17.1 Å². The quantitative estimate of drug-likeness (QED) is 0.609. The highest BCUT2D eigenvalue weighted by molar-refractivity contribution is 7.22. The zero-order valence-electron chi connectivity index (χ0n) is 12.2. The third-order valence-electron chi connectivity index (χ3n) is 3.64. The van der Waals surface area contributed by atoms with Gasteiger partial charge in [-0.05, 0) is 24.3 Å². The number of nitrogen functional groups attached to an aromatic ring is 1. The van der Waals surface area contributed by atoms with E-state index in [4.69, 9.17) is 14.9 Å². The van der Waals surface area contributed by atoms with Gasteiger partial charge in [0.15, 0.2) is 10.6 Å². The van der Waals surface area contributed by atoms with Crippen LogP contribution in [0.15, 0.2) is 51.7 Å². The number of nitrogens with zero attached hydrogens (tertiary/aromatic N) is 1. The number of hydrogen-bond acceptors (Lipinski definition) is 6. The van der Waals surface area contributed by atoms with Gasteiger partial charge in [0.05, 0.1) is 28.3 Å². The second kappa shape index (κ2) is 5.10. The van der Waals surface area contributed by atoms with Crippen molar-refractivity contribution in [2.24, 2.45) is 0 Å². The fourth-order valence-electron chi connectivity index (χ4n) is 2.63. The largest absolute Gasteiger partial charge is 0.496 e. The predicted molar refractivity (Wildman–Crippen MR) is 92.1 cm³/mol. The molecule has 4 aromatic rings. The molecule has 0 unspecified atom stereocenters. The first-order chi connectivity index (χ1) is 11.2. The molecule has 2 aromatic heterocycles. The number of rotatable bonds is 2. The normalized spacial score (nSPS) is 11.2.